The van der Waals surface area contributed by atoms with E-state index in [-0.39, 0.29) is 47.3 Å². The first-order valence-corrected chi connectivity index (χ1v) is 9.21. The Morgan fingerprint density at radius 1 is 1.28 bits per heavy atom. The van der Waals surface area contributed by atoms with E-state index in [9.17, 15) is 23.5 Å². The molecular weight excluding hydrogens is 382 g/mol. The first-order chi connectivity index (χ1) is 13.8. The van der Waals surface area contributed by atoms with Gasteiger partial charge in [0.25, 0.3) is 5.56 Å². The molecule has 2 aliphatic heterocycles. The second-order valence-electron chi connectivity index (χ2n) is 7.46. The minimum absolute atomic E-state index is 0.0451. The van der Waals surface area contributed by atoms with Gasteiger partial charge in [0, 0.05) is 22.6 Å². The Labute approximate surface area is 163 Å². The Balaban J connectivity index is 1.81. The molecule has 1 N–H and O–H groups in total. The fourth-order valence-corrected chi connectivity index (χ4v) is 4.23. The summed E-state index contributed by atoms with van der Waals surface area (Å²) in [7, 11) is 0. The summed E-state index contributed by atoms with van der Waals surface area (Å²) in [6, 6.07) is 4.31. The SMILES string of the molecule is CC[C@@]1(O)C(=O)OCc2c1cc1n(c2=O)Cc2cc3c(C)c(F)c(F)cc3nc2-1. The van der Waals surface area contributed by atoms with Crippen molar-refractivity contribution in [3.05, 3.63) is 62.4 Å². The third-order valence-corrected chi connectivity index (χ3v) is 5.95. The molecule has 29 heavy (non-hydrogen) atoms. The predicted molar refractivity (Wildman–Crippen MR) is 99.2 cm³/mol. The second-order valence-corrected chi connectivity index (χ2v) is 7.46. The second kappa shape index (κ2) is 5.70. The fourth-order valence-electron chi connectivity index (χ4n) is 4.23. The Kier molecular flexibility index (Phi) is 3.52. The number of rotatable bonds is 1. The Morgan fingerprint density at radius 2 is 2.03 bits per heavy atom. The van der Waals surface area contributed by atoms with Gasteiger partial charge in [-0.15, -0.1) is 0 Å². The molecule has 0 saturated heterocycles. The van der Waals surface area contributed by atoms with Gasteiger partial charge >= 0.3 is 5.97 Å². The van der Waals surface area contributed by atoms with Crippen molar-refractivity contribution in [1.82, 2.24) is 9.55 Å². The lowest BCUT2D eigenvalue weighted by Gasteiger charge is -2.31. The van der Waals surface area contributed by atoms with Crippen molar-refractivity contribution in [3.63, 3.8) is 0 Å². The zero-order valence-corrected chi connectivity index (χ0v) is 15.7. The number of esters is 1. The molecule has 3 aromatic rings. The van der Waals surface area contributed by atoms with Crippen LogP contribution in [0.2, 0.25) is 0 Å². The maximum absolute atomic E-state index is 14.0. The van der Waals surface area contributed by atoms with Crippen molar-refractivity contribution in [2.45, 2.75) is 39.0 Å². The van der Waals surface area contributed by atoms with Crippen LogP contribution < -0.4 is 5.56 Å². The van der Waals surface area contributed by atoms with Crippen LogP contribution in [0.1, 0.15) is 35.6 Å². The molecule has 5 rings (SSSR count). The lowest BCUT2D eigenvalue weighted by atomic mass is 9.86. The average molecular weight is 398 g/mol. The van der Waals surface area contributed by atoms with Gasteiger partial charge in [0.1, 0.15) is 6.61 Å². The first kappa shape index (κ1) is 17.9. The van der Waals surface area contributed by atoms with Crippen LogP contribution in [0.5, 0.6) is 0 Å². The highest BCUT2D eigenvalue weighted by atomic mass is 19.2. The summed E-state index contributed by atoms with van der Waals surface area (Å²) in [5, 5.41) is 11.3. The molecule has 6 nitrogen and oxygen atoms in total. The fraction of sp³-hybridized carbons (Fsp3) is 0.286. The summed E-state index contributed by atoms with van der Waals surface area (Å²) in [4.78, 5) is 29.7. The molecular formula is C21H16F2N2O4. The molecule has 148 valence electrons. The zero-order chi connectivity index (χ0) is 20.7. The quantitative estimate of drug-likeness (QED) is 0.499. The Bertz CT molecular complexity index is 1310. The van der Waals surface area contributed by atoms with Gasteiger partial charge in [-0.3, -0.25) is 4.79 Å². The molecule has 0 spiro atoms. The zero-order valence-electron chi connectivity index (χ0n) is 15.7. The van der Waals surface area contributed by atoms with Crippen molar-refractivity contribution in [3.8, 4) is 11.4 Å². The van der Waals surface area contributed by atoms with Gasteiger partial charge in [-0.2, -0.15) is 0 Å². The maximum Gasteiger partial charge on any atom is 0.343 e. The summed E-state index contributed by atoms with van der Waals surface area (Å²) < 4.78 is 34.4. The summed E-state index contributed by atoms with van der Waals surface area (Å²) in [6.45, 7) is 3.10. The van der Waals surface area contributed by atoms with E-state index < -0.39 is 23.2 Å². The monoisotopic (exact) mass is 398 g/mol. The number of aryl methyl sites for hydroxylation is 1. The number of aliphatic hydroxyl groups is 1. The van der Waals surface area contributed by atoms with Gasteiger partial charge in [0.2, 0.25) is 0 Å². The van der Waals surface area contributed by atoms with Crippen LogP contribution in [-0.4, -0.2) is 20.6 Å². The summed E-state index contributed by atoms with van der Waals surface area (Å²) in [5.74, 6) is -2.72. The van der Waals surface area contributed by atoms with E-state index in [1.807, 2.05) is 0 Å². The molecule has 0 fully saturated rings. The molecule has 1 aromatic carbocycles. The molecule has 0 amide bonds. The van der Waals surface area contributed by atoms with Crippen LogP contribution in [0.25, 0.3) is 22.3 Å². The van der Waals surface area contributed by atoms with E-state index in [0.717, 1.165) is 6.07 Å². The molecule has 0 unspecified atom stereocenters. The van der Waals surface area contributed by atoms with E-state index in [2.05, 4.69) is 4.98 Å². The van der Waals surface area contributed by atoms with Crippen LogP contribution in [0.4, 0.5) is 8.78 Å². The molecule has 2 aromatic heterocycles. The third kappa shape index (κ3) is 2.20. The van der Waals surface area contributed by atoms with E-state index >= 15 is 0 Å². The number of carbonyl (C=O) groups excluding carboxylic acids is 1. The number of halogens is 2. The molecule has 0 aliphatic carbocycles. The largest absolute Gasteiger partial charge is 0.458 e. The smallest absolute Gasteiger partial charge is 0.343 e. The number of ether oxygens (including phenoxy) is 1. The van der Waals surface area contributed by atoms with Crippen LogP contribution >= 0.6 is 0 Å². The van der Waals surface area contributed by atoms with Crippen LogP contribution in [-0.2, 0) is 28.3 Å². The van der Waals surface area contributed by atoms with Gasteiger partial charge in [-0.05, 0) is 31.0 Å². The minimum atomic E-state index is -1.91. The molecule has 0 radical (unpaired) electrons. The highest BCUT2D eigenvalue weighted by Crippen LogP contribution is 2.39. The van der Waals surface area contributed by atoms with Gasteiger partial charge in [0.05, 0.1) is 29.0 Å². The van der Waals surface area contributed by atoms with Crippen LogP contribution in [0, 0.1) is 18.6 Å². The van der Waals surface area contributed by atoms with E-state index in [4.69, 9.17) is 4.74 Å². The third-order valence-electron chi connectivity index (χ3n) is 5.95. The van der Waals surface area contributed by atoms with Crippen LogP contribution in [0.15, 0.2) is 23.0 Å². The van der Waals surface area contributed by atoms with E-state index in [1.165, 1.54) is 11.5 Å². The van der Waals surface area contributed by atoms with Crippen molar-refractivity contribution in [2.75, 3.05) is 0 Å². The van der Waals surface area contributed by atoms with Gasteiger partial charge < -0.3 is 14.4 Å². The number of cyclic esters (lactones) is 1. The predicted octanol–water partition coefficient (Wildman–Crippen LogP) is 2.67. The Morgan fingerprint density at radius 3 is 2.76 bits per heavy atom. The van der Waals surface area contributed by atoms with Gasteiger partial charge in [0.15, 0.2) is 17.2 Å². The highest BCUT2D eigenvalue weighted by Gasteiger charge is 2.45. The topological polar surface area (TPSA) is 81.4 Å². The van der Waals surface area contributed by atoms with Crippen molar-refractivity contribution in [2.24, 2.45) is 0 Å². The Hall–Kier alpha value is -3.13. The molecule has 1 atom stereocenters. The van der Waals surface area contributed by atoms with Crippen molar-refractivity contribution < 1.29 is 23.4 Å². The number of hydrogen-bond acceptors (Lipinski definition) is 5. The number of carbonyl (C=O) groups is 1. The van der Waals surface area contributed by atoms with Crippen molar-refractivity contribution in [1.29, 1.82) is 0 Å². The number of aromatic nitrogens is 2. The first-order valence-electron chi connectivity index (χ1n) is 9.21. The molecule has 2 aliphatic rings. The molecule has 8 heteroatoms. The van der Waals surface area contributed by atoms with E-state index in [1.54, 1.807) is 19.1 Å². The number of nitrogens with zero attached hydrogens (tertiary/aromatic N) is 2. The highest BCUT2D eigenvalue weighted by molar-refractivity contribution is 5.88. The summed E-state index contributed by atoms with van der Waals surface area (Å²) in [6.07, 6.45) is 0.0451. The van der Waals surface area contributed by atoms with E-state index in [0.29, 0.717) is 22.3 Å². The lowest BCUT2D eigenvalue weighted by Crippen LogP contribution is -2.44. The van der Waals surface area contributed by atoms with Crippen LogP contribution in [0.3, 0.4) is 0 Å². The van der Waals surface area contributed by atoms with Crippen molar-refractivity contribution >= 4 is 16.9 Å². The van der Waals surface area contributed by atoms with Gasteiger partial charge in [-0.25, -0.2) is 18.6 Å². The minimum Gasteiger partial charge on any atom is -0.458 e. The normalized spacial score (nSPS) is 19.7. The number of pyridine rings is 2. The molecule has 0 saturated carbocycles. The summed E-state index contributed by atoms with van der Waals surface area (Å²) in [5.41, 5.74) is 0.114. The average Bonchev–Trinajstić information content (AvgIpc) is 3.06. The molecule has 0 bridgehead atoms. The lowest BCUT2D eigenvalue weighted by molar-refractivity contribution is -0.172. The number of hydrogen-bond donors (Lipinski definition) is 1. The van der Waals surface area contributed by atoms with Gasteiger partial charge in [-0.1, -0.05) is 6.92 Å². The number of fused-ring (bicyclic) bond motifs is 5. The standard InChI is InChI=1S/C21H16F2N2O4/c1-3-21(28)13-5-16-18-10(7-25(16)19(26)12(13)8-29-20(21)27)4-11-9(2)17(23)14(22)6-15(11)24-18/h4-6,28H,3,7-8H2,1-2H3/t21-/m0/s1. The maximum atomic E-state index is 14.0. The summed E-state index contributed by atoms with van der Waals surface area (Å²) >= 11 is 0. The molecule has 4 heterocycles. The number of benzene rings is 1.